The first-order valence-electron chi connectivity index (χ1n) is 14.5. The first-order valence-corrected chi connectivity index (χ1v) is 14.5. The number of hydrogen-bond acceptors (Lipinski definition) is 6. The number of carbonyl (C=O) groups excluding carboxylic acids is 1. The van der Waals surface area contributed by atoms with Gasteiger partial charge in [-0.1, -0.05) is 18.6 Å². The number of aromatic nitrogens is 3. The highest BCUT2D eigenvalue weighted by molar-refractivity contribution is 5.95. The topological polar surface area (TPSA) is 118 Å². The quantitative estimate of drug-likeness (QED) is 0.393. The summed E-state index contributed by atoms with van der Waals surface area (Å²) in [7, 11) is 0. The van der Waals surface area contributed by atoms with Crippen LogP contribution in [0.15, 0.2) is 36.5 Å². The Morgan fingerprint density at radius 3 is 2.52 bits per heavy atom. The molecule has 10 nitrogen and oxygen atoms in total. The van der Waals surface area contributed by atoms with E-state index in [-0.39, 0.29) is 23.5 Å². The number of nitrogens with one attached hydrogen (secondary N) is 1. The molecule has 6 rings (SSSR count). The van der Waals surface area contributed by atoms with Crippen LogP contribution < -0.4 is 15.0 Å². The predicted octanol–water partition coefficient (Wildman–Crippen LogP) is 5.30. The number of hydrogen-bond donors (Lipinski definition) is 2. The van der Waals surface area contributed by atoms with E-state index in [2.05, 4.69) is 17.2 Å². The molecule has 0 radical (unpaired) electrons. The number of nitrogens with zero attached hydrogens (tertiary/aromatic N) is 4. The number of amides is 2. The molecule has 212 valence electrons. The molecule has 2 aromatic heterocycles. The highest BCUT2D eigenvalue weighted by Crippen LogP contribution is 2.36. The Bertz CT molecular complexity index is 1370. The molecule has 0 bridgehead atoms. The third-order valence-electron chi connectivity index (χ3n) is 8.35. The Balaban J connectivity index is 1.38. The monoisotopic (exact) mass is 547 g/mol. The van der Waals surface area contributed by atoms with Crippen LogP contribution in [0.2, 0.25) is 0 Å². The van der Waals surface area contributed by atoms with E-state index in [0.717, 1.165) is 56.9 Å². The minimum Gasteiger partial charge on any atom is -0.470 e. The summed E-state index contributed by atoms with van der Waals surface area (Å²) < 4.78 is 13.7. The van der Waals surface area contributed by atoms with E-state index in [1.807, 2.05) is 12.1 Å². The second-order valence-corrected chi connectivity index (χ2v) is 11.6. The molecule has 1 aromatic carbocycles. The molecule has 40 heavy (non-hydrogen) atoms. The van der Waals surface area contributed by atoms with Crippen molar-refractivity contribution < 1.29 is 24.2 Å². The van der Waals surface area contributed by atoms with E-state index < -0.39 is 6.09 Å². The number of fused-ring (bicyclic) bond motifs is 1. The molecule has 2 saturated carbocycles. The maximum Gasteiger partial charge on any atom is 0.411 e. The molecule has 3 aromatic rings. The Morgan fingerprint density at radius 1 is 1.12 bits per heavy atom. The molecular formula is C30H37N5O5. The van der Waals surface area contributed by atoms with Crippen molar-refractivity contribution in [2.75, 3.05) is 24.7 Å². The minimum absolute atomic E-state index is 0.0748. The summed E-state index contributed by atoms with van der Waals surface area (Å²) in [4.78, 5) is 31.1. The number of ether oxygens (including phenoxy) is 2. The highest BCUT2D eigenvalue weighted by Gasteiger charge is 2.32. The first-order chi connectivity index (χ1) is 19.4. The van der Waals surface area contributed by atoms with Crippen molar-refractivity contribution in [2.24, 2.45) is 5.92 Å². The number of anilines is 1. The van der Waals surface area contributed by atoms with Crippen LogP contribution in [0.3, 0.4) is 0 Å². The van der Waals surface area contributed by atoms with Crippen molar-refractivity contribution >= 4 is 23.3 Å². The molecule has 0 unspecified atom stereocenters. The highest BCUT2D eigenvalue weighted by atomic mass is 16.5. The van der Waals surface area contributed by atoms with E-state index in [0.29, 0.717) is 48.2 Å². The van der Waals surface area contributed by atoms with Crippen LogP contribution >= 0.6 is 0 Å². The molecule has 1 saturated heterocycles. The van der Waals surface area contributed by atoms with Gasteiger partial charge in [-0.3, -0.25) is 9.69 Å². The molecule has 2 aliphatic carbocycles. The lowest BCUT2D eigenvalue weighted by molar-refractivity contribution is 0.0429. The van der Waals surface area contributed by atoms with Crippen molar-refractivity contribution in [2.45, 2.75) is 76.4 Å². The fourth-order valence-electron chi connectivity index (χ4n) is 5.79. The van der Waals surface area contributed by atoms with E-state index in [1.165, 1.54) is 11.3 Å². The van der Waals surface area contributed by atoms with Crippen molar-refractivity contribution in [1.29, 1.82) is 0 Å². The van der Waals surface area contributed by atoms with Crippen molar-refractivity contribution in [3.8, 4) is 17.1 Å². The smallest absolute Gasteiger partial charge is 0.411 e. The van der Waals surface area contributed by atoms with Gasteiger partial charge in [0, 0.05) is 43.0 Å². The van der Waals surface area contributed by atoms with Gasteiger partial charge in [0.25, 0.3) is 5.91 Å². The second kappa shape index (κ2) is 11.1. The molecule has 1 aliphatic heterocycles. The second-order valence-electron chi connectivity index (χ2n) is 11.6. The standard InChI is InChI=1S/C30H37N5O5/c1-30(13-3-2-4-14-30)40-26-17-24(34(29(37)38)19-20-11-15-39-16-12-20)27-31-18-25(35(27)33-26)21-5-7-22(8-6-21)28(36)32-23-9-10-23/h5-8,17-18,20,23H,2-4,9-16,19H2,1H3,(H,32,36)(H,37,38). The van der Waals surface area contributed by atoms with Crippen molar-refractivity contribution in [3.05, 3.63) is 42.1 Å². The van der Waals surface area contributed by atoms with Crippen LogP contribution in [0.1, 0.15) is 75.1 Å². The summed E-state index contributed by atoms with van der Waals surface area (Å²) in [6, 6.07) is 9.36. The van der Waals surface area contributed by atoms with Crippen LogP contribution in [-0.2, 0) is 4.74 Å². The maximum atomic E-state index is 12.6. The van der Waals surface area contributed by atoms with Crippen LogP contribution in [0, 0.1) is 5.92 Å². The summed E-state index contributed by atoms with van der Waals surface area (Å²) in [5.74, 6) is 0.501. The normalized spacial score (nSPS) is 19.3. The molecule has 3 aliphatic rings. The van der Waals surface area contributed by atoms with E-state index >= 15 is 0 Å². The average molecular weight is 548 g/mol. The van der Waals surface area contributed by atoms with E-state index in [1.54, 1.807) is 28.9 Å². The summed E-state index contributed by atoms with van der Waals surface area (Å²) in [6.45, 7) is 3.73. The molecular weight excluding hydrogens is 510 g/mol. The lowest BCUT2D eigenvalue weighted by Crippen LogP contribution is -2.37. The molecule has 3 fully saturated rings. The third kappa shape index (κ3) is 5.77. The van der Waals surface area contributed by atoms with Crippen LogP contribution in [0.5, 0.6) is 5.88 Å². The summed E-state index contributed by atoms with van der Waals surface area (Å²) in [5.41, 5.74) is 2.65. The fraction of sp³-hybridized carbons (Fsp3) is 0.533. The molecule has 10 heteroatoms. The van der Waals surface area contributed by atoms with Gasteiger partial charge in [0.2, 0.25) is 5.88 Å². The van der Waals surface area contributed by atoms with Gasteiger partial charge in [-0.05, 0) is 76.3 Å². The lowest BCUT2D eigenvalue weighted by Gasteiger charge is -2.34. The zero-order valence-electron chi connectivity index (χ0n) is 23.0. The summed E-state index contributed by atoms with van der Waals surface area (Å²) >= 11 is 0. The number of benzene rings is 1. The van der Waals surface area contributed by atoms with Crippen LogP contribution in [-0.4, -0.2) is 63.1 Å². The van der Waals surface area contributed by atoms with Gasteiger partial charge in [0.15, 0.2) is 5.65 Å². The molecule has 3 heterocycles. The van der Waals surface area contributed by atoms with E-state index in [9.17, 15) is 14.7 Å². The van der Waals surface area contributed by atoms with Gasteiger partial charge < -0.3 is 19.9 Å². The fourth-order valence-corrected chi connectivity index (χ4v) is 5.79. The van der Waals surface area contributed by atoms with Gasteiger partial charge in [0.05, 0.1) is 17.6 Å². The largest absolute Gasteiger partial charge is 0.470 e. The predicted molar refractivity (Wildman–Crippen MR) is 150 cm³/mol. The molecule has 0 atom stereocenters. The van der Waals surface area contributed by atoms with Gasteiger partial charge in [-0.15, -0.1) is 5.10 Å². The molecule has 0 spiro atoms. The molecule has 2 N–H and O–H groups in total. The zero-order valence-corrected chi connectivity index (χ0v) is 23.0. The van der Waals surface area contributed by atoms with Gasteiger partial charge in [-0.2, -0.15) is 0 Å². The van der Waals surface area contributed by atoms with Crippen molar-refractivity contribution in [3.63, 3.8) is 0 Å². The van der Waals surface area contributed by atoms with Gasteiger partial charge in [0.1, 0.15) is 5.60 Å². The van der Waals surface area contributed by atoms with E-state index in [4.69, 9.17) is 14.6 Å². The number of imidazole rings is 1. The summed E-state index contributed by atoms with van der Waals surface area (Å²) in [5, 5.41) is 18.1. The van der Waals surface area contributed by atoms with Crippen LogP contribution in [0.4, 0.5) is 10.5 Å². The Kier molecular flexibility index (Phi) is 7.35. The Labute approximate surface area is 233 Å². The lowest BCUT2D eigenvalue weighted by atomic mass is 9.86. The third-order valence-corrected chi connectivity index (χ3v) is 8.35. The minimum atomic E-state index is -1.04. The molecule has 2 amide bonds. The number of rotatable bonds is 8. The SMILES string of the molecule is CC1(Oc2cc(N(CC3CCOCC3)C(=O)O)c3ncc(-c4ccc(C(=O)NC5CC5)cc4)n3n2)CCCCC1. The number of carboxylic acid groups (broad SMARTS) is 1. The van der Waals surface area contributed by atoms with Gasteiger partial charge in [-0.25, -0.2) is 14.3 Å². The average Bonchev–Trinajstić information content (AvgIpc) is 3.67. The zero-order chi connectivity index (χ0) is 27.7. The van der Waals surface area contributed by atoms with Crippen molar-refractivity contribution in [1.82, 2.24) is 19.9 Å². The Hall–Kier alpha value is -3.66. The first kappa shape index (κ1) is 26.6. The van der Waals surface area contributed by atoms with Crippen LogP contribution in [0.25, 0.3) is 16.9 Å². The maximum absolute atomic E-state index is 12.6. The Morgan fingerprint density at radius 2 is 1.85 bits per heavy atom. The van der Waals surface area contributed by atoms with Gasteiger partial charge >= 0.3 is 6.09 Å². The number of carbonyl (C=O) groups is 2. The summed E-state index contributed by atoms with van der Waals surface area (Å²) in [6.07, 6.45) is 9.57.